The summed E-state index contributed by atoms with van der Waals surface area (Å²) in [5, 5.41) is 0. The Morgan fingerprint density at radius 1 is 1.18 bits per heavy atom. The van der Waals surface area contributed by atoms with E-state index in [1.165, 1.54) is 12.0 Å². The first-order valence-electron chi connectivity index (χ1n) is 6.47. The summed E-state index contributed by atoms with van der Waals surface area (Å²) in [6.45, 7) is 2.24. The second-order valence-electron chi connectivity index (χ2n) is 5.42. The molecule has 0 amide bonds. The molecule has 3 rings (SSSR count). The summed E-state index contributed by atoms with van der Waals surface area (Å²) < 4.78 is 12.9. The van der Waals surface area contributed by atoms with Gasteiger partial charge in [-0.05, 0) is 49.4 Å². The molecule has 92 valence electrons. The van der Waals surface area contributed by atoms with Crippen LogP contribution in [0.15, 0.2) is 24.3 Å². The van der Waals surface area contributed by atoms with Crippen molar-refractivity contribution < 1.29 is 4.39 Å². The van der Waals surface area contributed by atoms with Crippen molar-refractivity contribution >= 4 is 0 Å². The summed E-state index contributed by atoms with van der Waals surface area (Å²) in [4.78, 5) is 2.55. The minimum absolute atomic E-state index is 0.147. The Kier molecular flexibility index (Phi) is 2.89. The molecule has 3 heteroatoms. The number of nitrogens with zero attached hydrogens (tertiary/aromatic N) is 1. The highest BCUT2D eigenvalue weighted by Gasteiger charge is 2.36. The molecular weight excluding hydrogens is 215 g/mol. The second-order valence-corrected chi connectivity index (χ2v) is 5.42. The molecule has 1 aromatic rings. The van der Waals surface area contributed by atoms with Gasteiger partial charge < -0.3 is 5.73 Å². The van der Waals surface area contributed by atoms with E-state index in [9.17, 15) is 4.39 Å². The molecule has 2 aliphatic rings. The van der Waals surface area contributed by atoms with E-state index in [4.69, 9.17) is 5.73 Å². The maximum Gasteiger partial charge on any atom is 0.123 e. The zero-order chi connectivity index (χ0) is 11.8. The van der Waals surface area contributed by atoms with Crippen molar-refractivity contribution in [3.8, 4) is 0 Å². The van der Waals surface area contributed by atoms with Crippen LogP contribution >= 0.6 is 0 Å². The lowest BCUT2D eigenvalue weighted by atomic mass is 9.93. The van der Waals surface area contributed by atoms with Crippen LogP contribution in [0.3, 0.4) is 0 Å². The Balaban J connectivity index is 1.73. The lowest BCUT2D eigenvalue weighted by Gasteiger charge is -2.32. The molecule has 0 spiro atoms. The predicted molar refractivity (Wildman–Crippen MR) is 66.3 cm³/mol. The van der Waals surface area contributed by atoms with Crippen LogP contribution in [0.1, 0.15) is 30.7 Å². The predicted octanol–water partition coefficient (Wildman–Crippen LogP) is 2.10. The molecule has 17 heavy (non-hydrogen) atoms. The molecule has 2 N–H and O–H groups in total. The summed E-state index contributed by atoms with van der Waals surface area (Å²) in [7, 11) is 0. The van der Waals surface area contributed by atoms with Crippen molar-refractivity contribution in [3.63, 3.8) is 0 Å². The van der Waals surface area contributed by atoms with E-state index in [0.717, 1.165) is 25.9 Å². The van der Waals surface area contributed by atoms with E-state index in [1.54, 1.807) is 12.1 Å². The summed E-state index contributed by atoms with van der Waals surface area (Å²) in [5.41, 5.74) is 7.29. The number of piperidine rings is 1. The van der Waals surface area contributed by atoms with Gasteiger partial charge in [0.25, 0.3) is 0 Å². The molecule has 2 saturated heterocycles. The number of rotatable bonds is 1. The van der Waals surface area contributed by atoms with Gasteiger partial charge in [-0.1, -0.05) is 12.1 Å². The van der Waals surface area contributed by atoms with E-state index in [-0.39, 0.29) is 5.82 Å². The van der Waals surface area contributed by atoms with Gasteiger partial charge in [-0.3, -0.25) is 4.90 Å². The molecule has 0 radical (unpaired) electrons. The van der Waals surface area contributed by atoms with Gasteiger partial charge in [0.1, 0.15) is 5.82 Å². The van der Waals surface area contributed by atoms with Crippen molar-refractivity contribution in [2.75, 3.05) is 13.1 Å². The fraction of sp³-hybridized carbons (Fsp3) is 0.571. The molecule has 2 aliphatic heterocycles. The molecule has 0 saturated carbocycles. The van der Waals surface area contributed by atoms with Crippen LogP contribution in [0.5, 0.6) is 0 Å². The number of hydrogen-bond donors (Lipinski definition) is 1. The van der Waals surface area contributed by atoms with Crippen molar-refractivity contribution in [2.45, 2.75) is 37.3 Å². The topological polar surface area (TPSA) is 29.3 Å². The maximum absolute atomic E-state index is 12.9. The van der Waals surface area contributed by atoms with E-state index in [2.05, 4.69) is 4.90 Å². The quantitative estimate of drug-likeness (QED) is 0.806. The smallest absolute Gasteiger partial charge is 0.123 e. The number of fused-ring (bicyclic) bond motifs is 1. The lowest BCUT2D eigenvalue weighted by Crippen LogP contribution is -2.43. The maximum atomic E-state index is 12.9. The van der Waals surface area contributed by atoms with Gasteiger partial charge in [-0.25, -0.2) is 4.39 Å². The standard InChI is InChI=1S/C14H19FN2/c15-12-3-1-10(2-4-12)11-7-14-8-13(16)5-6-17(14)9-11/h1-4,11,13-14H,5-9,16H2/t11-,13-,14-/m0/s1. The van der Waals surface area contributed by atoms with E-state index in [1.807, 2.05) is 12.1 Å². The first kappa shape index (κ1) is 11.2. The molecule has 0 aromatic heterocycles. The van der Waals surface area contributed by atoms with Crippen LogP contribution in [0.4, 0.5) is 4.39 Å². The summed E-state index contributed by atoms with van der Waals surface area (Å²) in [6.07, 6.45) is 3.42. The lowest BCUT2D eigenvalue weighted by molar-refractivity contribution is 0.181. The van der Waals surface area contributed by atoms with E-state index in [0.29, 0.717) is 18.0 Å². The van der Waals surface area contributed by atoms with Gasteiger partial charge in [0.15, 0.2) is 0 Å². The Labute approximate surface area is 102 Å². The third-order valence-corrected chi connectivity index (χ3v) is 4.23. The van der Waals surface area contributed by atoms with Crippen LogP contribution in [0.2, 0.25) is 0 Å². The summed E-state index contributed by atoms with van der Waals surface area (Å²) >= 11 is 0. The van der Waals surface area contributed by atoms with Gasteiger partial charge in [0, 0.05) is 18.6 Å². The van der Waals surface area contributed by atoms with Gasteiger partial charge in [-0.15, -0.1) is 0 Å². The van der Waals surface area contributed by atoms with Gasteiger partial charge >= 0.3 is 0 Å². The minimum atomic E-state index is -0.147. The molecule has 0 aliphatic carbocycles. The van der Waals surface area contributed by atoms with Crippen molar-refractivity contribution in [2.24, 2.45) is 5.73 Å². The van der Waals surface area contributed by atoms with E-state index >= 15 is 0 Å². The monoisotopic (exact) mass is 234 g/mol. The minimum Gasteiger partial charge on any atom is -0.328 e. The molecule has 1 aromatic carbocycles. The van der Waals surface area contributed by atoms with Crippen LogP contribution in [-0.2, 0) is 0 Å². The average Bonchev–Trinajstić information content (AvgIpc) is 2.72. The fourth-order valence-corrected chi connectivity index (χ4v) is 3.28. The zero-order valence-electron chi connectivity index (χ0n) is 9.98. The van der Waals surface area contributed by atoms with Crippen LogP contribution < -0.4 is 5.73 Å². The third-order valence-electron chi connectivity index (χ3n) is 4.23. The summed E-state index contributed by atoms with van der Waals surface area (Å²) in [6, 6.07) is 8.02. The van der Waals surface area contributed by atoms with Crippen molar-refractivity contribution in [3.05, 3.63) is 35.6 Å². The number of nitrogens with two attached hydrogens (primary N) is 1. The first-order valence-corrected chi connectivity index (χ1v) is 6.47. The van der Waals surface area contributed by atoms with Crippen LogP contribution in [0.25, 0.3) is 0 Å². The fourth-order valence-electron chi connectivity index (χ4n) is 3.28. The largest absolute Gasteiger partial charge is 0.328 e. The highest BCUT2D eigenvalue weighted by Crippen LogP contribution is 2.35. The Morgan fingerprint density at radius 2 is 1.94 bits per heavy atom. The zero-order valence-corrected chi connectivity index (χ0v) is 9.98. The third kappa shape index (κ3) is 2.22. The normalized spacial score (nSPS) is 33.6. The second kappa shape index (κ2) is 4.39. The Morgan fingerprint density at radius 3 is 2.71 bits per heavy atom. The van der Waals surface area contributed by atoms with Gasteiger partial charge in [0.05, 0.1) is 0 Å². The van der Waals surface area contributed by atoms with Crippen LogP contribution in [0, 0.1) is 5.82 Å². The highest BCUT2D eigenvalue weighted by atomic mass is 19.1. The van der Waals surface area contributed by atoms with Crippen LogP contribution in [-0.4, -0.2) is 30.1 Å². The average molecular weight is 234 g/mol. The number of hydrogen-bond acceptors (Lipinski definition) is 2. The number of halogens is 1. The molecule has 3 atom stereocenters. The first-order chi connectivity index (χ1) is 8.22. The van der Waals surface area contributed by atoms with E-state index < -0.39 is 0 Å². The molecular formula is C14H19FN2. The Bertz CT molecular complexity index is 390. The summed E-state index contributed by atoms with van der Waals surface area (Å²) in [5.74, 6) is 0.414. The molecule has 0 bridgehead atoms. The van der Waals surface area contributed by atoms with Crippen molar-refractivity contribution in [1.29, 1.82) is 0 Å². The molecule has 0 unspecified atom stereocenters. The highest BCUT2D eigenvalue weighted by molar-refractivity contribution is 5.22. The van der Waals surface area contributed by atoms with Gasteiger partial charge in [-0.2, -0.15) is 0 Å². The van der Waals surface area contributed by atoms with Gasteiger partial charge in [0.2, 0.25) is 0 Å². The SMILES string of the molecule is N[C@H]1CCN2C[C@@H](c3ccc(F)cc3)C[C@H]2C1. The number of benzene rings is 1. The van der Waals surface area contributed by atoms with Crippen molar-refractivity contribution in [1.82, 2.24) is 4.90 Å². The molecule has 2 heterocycles. The Hall–Kier alpha value is -0.930. The molecule has 2 nitrogen and oxygen atoms in total. The molecule has 2 fully saturated rings.